The van der Waals surface area contributed by atoms with Crippen LogP contribution in [0.3, 0.4) is 0 Å². The summed E-state index contributed by atoms with van der Waals surface area (Å²) in [4.78, 5) is 22.6. The molecule has 0 bridgehead atoms. The lowest BCUT2D eigenvalue weighted by Gasteiger charge is -2.13. The molecule has 3 rings (SSSR count). The van der Waals surface area contributed by atoms with Gasteiger partial charge in [0, 0.05) is 22.2 Å². The van der Waals surface area contributed by atoms with Crippen molar-refractivity contribution in [2.75, 3.05) is 7.11 Å². The second-order valence-corrected chi connectivity index (χ2v) is 7.60. The Morgan fingerprint density at radius 3 is 2.74 bits per heavy atom. The van der Waals surface area contributed by atoms with Crippen LogP contribution in [0.1, 0.15) is 27.0 Å². The van der Waals surface area contributed by atoms with Crippen LogP contribution in [0.15, 0.2) is 64.2 Å². The minimum absolute atomic E-state index is 0.0382. The van der Waals surface area contributed by atoms with E-state index in [0.717, 1.165) is 6.07 Å². The number of hydrazone groups is 1. The number of methoxy groups -OCH3 is 1. The number of non-ortho nitro benzene ring substituents is 1. The zero-order valence-corrected chi connectivity index (χ0v) is 19.2. The second-order valence-electron chi connectivity index (χ2n) is 6.75. The number of nitro groups is 1. The van der Waals surface area contributed by atoms with Crippen molar-refractivity contribution < 1.29 is 23.6 Å². The highest BCUT2D eigenvalue weighted by atomic mass is 79.9. The van der Waals surface area contributed by atoms with Gasteiger partial charge in [-0.3, -0.25) is 14.9 Å². The average Bonchev–Trinajstić information content (AvgIpc) is 2.83. The van der Waals surface area contributed by atoms with Gasteiger partial charge >= 0.3 is 0 Å². The lowest BCUT2D eigenvalue weighted by atomic mass is 10.1. The molecule has 34 heavy (non-hydrogen) atoms. The number of carbonyl (C=O) groups is 1. The van der Waals surface area contributed by atoms with E-state index in [4.69, 9.17) is 14.7 Å². The third-order valence-corrected chi connectivity index (χ3v) is 5.20. The molecule has 3 aromatic carbocycles. The predicted octanol–water partition coefficient (Wildman–Crippen LogP) is 4.72. The van der Waals surface area contributed by atoms with Gasteiger partial charge in [-0.2, -0.15) is 10.4 Å². The molecule has 0 aliphatic carbocycles. The first kappa shape index (κ1) is 24.3. The summed E-state index contributed by atoms with van der Waals surface area (Å²) < 4.78 is 25.6. The molecule has 3 aromatic rings. The number of benzene rings is 3. The zero-order chi connectivity index (χ0) is 24.7. The van der Waals surface area contributed by atoms with Crippen molar-refractivity contribution in [2.24, 2.45) is 5.10 Å². The van der Waals surface area contributed by atoms with Crippen LogP contribution in [0.5, 0.6) is 11.5 Å². The Balaban J connectivity index is 1.71. The molecular formula is C23H16BrFN4O5. The molecule has 11 heteroatoms. The summed E-state index contributed by atoms with van der Waals surface area (Å²) in [7, 11) is 1.44. The van der Waals surface area contributed by atoms with Crippen molar-refractivity contribution in [3.8, 4) is 17.6 Å². The molecule has 9 nitrogen and oxygen atoms in total. The summed E-state index contributed by atoms with van der Waals surface area (Å²) in [5.41, 5.74) is 3.17. The first-order valence-corrected chi connectivity index (χ1v) is 10.4. The average molecular weight is 527 g/mol. The molecule has 172 valence electrons. The fraction of sp³-hybridized carbons (Fsp3) is 0.0870. The van der Waals surface area contributed by atoms with E-state index < -0.39 is 16.6 Å². The van der Waals surface area contributed by atoms with E-state index in [1.54, 1.807) is 30.3 Å². The summed E-state index contributed by atoms with van der Waals surface area (Å²) in [5.74, 6) is -0.876. The van der Waals surface area contributed by atoms with E-state index in [2.05, 4.69) is 26.5 Å². The molecule has 1 N–H and O–H groups in total. The molecule has 1 amide bonds. The molecular weight excluding hydrogens is 511 g/mol. The van der Waals surface area contributed by atoms with Gasteiger partial charge in [-0.1, -0.05) is 12.1 Å². The minimum Gasteiger partial charge on any atom is -0.493 e. The minimum atomic E-state index is -0.833. The van der Waals surface area contributed by atoms with Crippen LogP contribution in [0.4, 0.5) is 10.1 Å². The first-order valence-electron chi connectivity index (χ1n) is 9.59. The highest BCUT2D eigenvalue weighted by Gasteiger charge is 2.13. The van der Waals surface area contributed by atoms with Crippen molar-refractivity contribution in [3.63, 3.8) is 0 Å². The lowest BCUT2D eigenvalue weighted by Crippen LogP contribution is -2.19. The van der Waals surface area contributed by atoms with Crippen LogP contribution in [-0.4, -0.2) is 24.2 Å². The van der Waals surface area contributed by atoms with Crippen molar-refractivity contribution in [1.29, 1.82) is 5.26 Å². The van der Waals surface area contributed by atoms with E-state index >= 15 is 0 Å². The number of nitrogens with zero attached hydrogens (tertiary/aromatic N) is 3. The smallest absolute Gasteiger partial charge is 0.274 e. The van der Waals surface area contributed by atoms with E-state index in [1.165, 1.54) is 37.6 Å². The van der Waals surface area contributed by atoms with Crippen molar-refractivity contribution in [2.45, 2.75) is 6.61 Å². The molecule has 0 fully saturated rings. The number of carbonyl (C=O) groups excluding carboxylic acids is 1. The number of nitro benzene ring substituents is 1. The molecule has 0 spiro atoms. The molecule has 0 heterocycles. The van der Waals surface area contributed by atoms with Crippen LogP contribution in [0.25, 0.3) is 0 Å². The van der Waals surface area contributed by atoms with Crippen LogP contribution in [-0.2, 0) is 6.61 Å². The maximum absolute atomic E-state index is 14.0. The standard InChI is InChI=1S/C23H16BrFN4O5/c1-33-21-9-16(12-27-28-23(30)18-6-5-14(11-26)8-20(18)25)19(24)10-22(21)34-13-15-3-2-4-17(7-15)29(31)32/h2-10,12H,13H2,1H3,(H,28,30). The molecule has 0 unspecified atom stereocenters. The number of amides is 1. The molecule has 0 aromatic heterocycles. The molecule has 0 aliphatic heterocycles. The topological polar surface area (TPSA) is 127 Å². The Kier molecular flexibility index (Phi) is 7.89. The number of ether oxygens (including phenoxy) is 2. The van der Waals surface area contributed by atoms with Crippen LogP contribution >= 0.6 is 15.9 Å². The van der Waals surface area contributed by atoms with Gasteiger partial charge in [-0.15, -0.1) is 0 Å². The second kappa shape index (κ2) is 11.0. The number of hydrogen-bond donors (Lipinski definition) is 1. The first-order chi connectivity index (χ1) is 16.3. The van der Waals surface area contributed by atoms with Gasteiger partial charge in [-0.25, -0.2) is 9.82 Å². The largest absolute Gasteiger partial charge is 0.493 e. The van der Waals surface area contributed by atoms with Gasteiger partial charge in [0.15, 0.2) is 11.5 Å². The van der Waals surface area contributed by atoms with Gasteiger partial charge in [0.25, 0.3) is 11.6 Å². The van der Waals surface area contributed by atoms with Gasteiger partial charge in [0.2, 0.25) is 0 Å². The highest BCUT2D eigenvalue weighted by Crippen LogP contribution is 2.33. The molecule has 0 atom stereocenters. The summed E-state index contributed by atoms with van der Waals surface area (Å²) >= 11 is 3.39. The van der Waals surface area contributed by atoms with Crippen molar-refractivity contribution in [1.82, 2.24) is 5.43 Å². The van der Waals surface area contributed by atoms with Gasteiger partial charge < -0.3 is 9.47 Å². The third-order valence-electron chi connectivity index (χ3n) is 4.51. The Morgan fingerprint density at radius 1 is 1.26 bits per heavy atom. The Hall–Kier alpha value is -4.30. The maximum atomic E-state index is 14.0. The van der Waals surface area contributed by atoms with Crippen LogP contribution in [0, 0.1) is 27.3 Å². The molecule has 0 radical (unpaired) electrons. The SMILES string of the molecule is COc1cc(C=NNC(=O)c2ccc(C#N)cc2F)c(Br)cc1OCc1cccc([N+](=O)[O-])c1. The highest BCUT2D eigenvalue weighted by molar-refractivity contribution is 9.10. The lowest BCUT2D eigenvalue weighted by molar-refractivity contribution is -0.384. The van der Waals surface area contributed by atoms with Crippen molar-refractivity contribution >= 4 is 33.7 Å². The predicted molar refractivity (Wildman–Crippen MR) is 124 cm³/mol. The molecule has 0 saturated carbocycles. The molecule has 0 aliphatic rings. The van der Waals surface area contributed by atoms with E-state index in [-0.39, 0.29) is 23.4 Å². The van der Waals surface area contributed by atoms with Crippen LogP contribution < -0.4 is 14.9 Å². The van der Waals surface area contributed by atoms with Gasteiger partial charge in [0.1, 0.15) is 12.4 Å². The summed E-state index contributed by atoms with van der Waals surface area (Å²) in [6.45, 7) is 0.0735. The van der Waals surface area contributed by atoms with E-state index in [9.17, 15) is 19.3 Å². The number of rotatable bonds is 8. The van der Waals surface area contributed by atoms with Crippen LogP contribution in [0.2, 0.25) is 0 Å². The number of halogens is 2. The fourth-order valence-electron chi connectivity index (χ4n) is 2.83. The Labute approximate surface area is 201 Å². The summed E-state index contributed by atoms with van der Waals surface area (Å²) in [5, 5.41) is 23.6. The Morgan fingerprint density at radius 2 is 2.06 bits per heavy atom. The van der Waals surface area contributed by atoms with E-state index in [0.29, 0.717) is 27.1 Å². The van der Waals surface area contributed by atoms with Crippen molar-refractivity contribution in [3.05, 3.63) is 97.3 Å². The number of hydrogen-bond acceptors (Lipinski definition) is 7. The van der Waals surface area contributed by atoms with Gasteiger partial charge in [0.05, 0.1) is 35.4 Å². The Bertz CT molecular complexity index is 1320. The summed E-state index contributed by atoms with van der Waals surface area (Å²) in [6.07, 6.45) is 1.33. The fourth-order valence-corrected chi connectivity index (χ4v) is 3.26. The third kappa shape index (κ3) is 5.93. The monoisotopic (exact) mass is 526 g/mol. The van der Waals surface area contributed by atoms with Gasteiger partial charge in [-0.05, 0) is 51.8 Å². The zero-order valence-electron chi connectivity index (χ0n) is 17.6. The van der Waals surface area contributed by atoms with E-state index in [1.807, 2.05) is 0 Å². The molecule has 0 saturated heterocycles. The number of nitriles is 1. The maximum Gasteiger partial charge on any atom is 0.274 e. The quantitative estimate of drug-likeness (QED) is 0.257. The normalized spacial score (nSPS) is 10.5. The summed E-state index contributed by atoms with van der Waals surface area (Å²) in [6, 6.07) is 14.6. The number of nitrogens with one attached hydrogen (secondary N) is 1.